The van der Waals surface area contributed by atoms with Gasteiger partial charge in [0.05, 0.1) is 18.8 Å². The van der Waals surface area contributed by atoms with Crippen molar-refractivity contribution < 1.29 is 14.6 Å². The van der Waals surface area contributed by atoms with Crippen molar-refractivity contribution in [2.45, 2.75) is 56.7 Å². The third-order valence-electron chi connectivity index (χ3n) is 4.25. The second-order valence-corrected chi connectivity index (χ2v) is 6.46. The van der Waals surface area contributed by atoms with Crippen LogP contribution < -0.4 is 9.47 Å². The minimum absolute atomic E-state index is 0.262. The number of hydrogen-bond acceptors (Lipinski definition) is 3. The van der Waals surface area contributed by atoms with Crippen molar-refractivity contribution in [2.24, 2.45) is 0 Å². The van der Waals surface area contributed by atoms with Crippen LogP contribution in [0, 0.1) is 0 Å². The molecule has 0 aliphatic heterocycles. The van der Waals surface area contributed by atoms with E-state index >= 15 is 0 Å². The first-order valence-electron chi connectivity index (χ1n) is 7.35. The fourth-order valence-corrected chi connectivity index (χ4v) is 3.12. The summed E-state index contributed by atoms with van der Waals surface area (Å²) in [6.45, 7) is 0. The molecule has 2 saturated carbocycles. The lowest BCUT2D eigenvalue weighted by atomic mass is 10.0. The van der Waals surface area contributed by atoms with Gasteiger partial charge in [-0.05, 0) is 44.6 Å². The van der Waals surface area contributed by atoms with E-state index in [2.05, 4.69) is 0 Å². The lowest BCUT2D eigenvalue weighted by molar-refractivity contribution is 0.146. The van der Waals surface area contributed by atoms with E-state index in [1.807, 2.05) is 6.07 Å². The smallest absolute Gasteiger partial charge is 0.164 e. The molecule has 0 aromatic heterocycles. The summed E-state index contributed by atoms with van der Waals surface area (Å²) < 4.78 is 11.6. The molecule has 0 amide bonds. The van der Waals surface area contributed by atoms with Gasteiger partial charge in [-0.25, -0.2) is 0 Å². The van der Waals surface area contributed by atoms with Crippen molar-refractivity contribution in [2.75, 3.05) is 7.11 Å². The van der Waals surface area contributed by atoms with Gasteiger partial charge in [0.25, 0.3) is 0 Å². The largest absolute Gasteiger partial charge is 0.493 e. The zero-order valence-corrected chi connectivity index (χ0v) is 12.6. The Kier molecular flexibility index (Phi) is 3.83. The molecule has 4 heteroatoms. The van der Waals surface area contributed by atoms with Crippen molar-refractivity contribution in [3.8, 4) is 11.5 Å². The van der Waals surface area contributed by atoms with Crippen LogP contribution in [0.1, 0.15) is 44.1 Å². The van der Waals surface area contributed by atoms with E-state index in [-0.39, 0.29) is 6.10 Å². The molecule has 2 aliphatic rings. The van der Waals surface area contributed by atoms with Gasteiger partial charge in [-0.1, -0.05) is 11.6 Å². The molecule has 1 aromatic rings. The molecule has 1 aromatic carbocycles. The minimum Gasteiger partial charge on any atom is -0.493 e. The Bertz CT molecular complexity index is 491. The first-order valence-corrected chi connectivity index (χ1v) is 7.73. The highest BCUT2D eigenvalue weighted by atomic mass is 35.5. The van der Waals surface area contributed by atoms with E-state index in [4.69, 9.17) is 21.1 Å². The highest BCUT2D eigenvalue weighted by molar-refractivity contribution is 6.30. The predicted octanol–water partition coefficient (Wildman–Crippen LogP) is 3.74. The normalized spacial score (nSPS) is 20.9. The Morgan fingerprint density at radius 2 is 2.00 bits per heavy atom. The lowest BCUT2D eigenvalue weighted by Gasteiger charge is -2.21. The maximum absolute atomic E-state index is 10.2. The Morgan fingerprint density at radius 1 is 1.30 bits per heavy atom. The Morgan fingerprint density at radius 3 is 2.60 bits per heavy atom. The summed E-state index contributed by atoms with van der Waals surface area (Å²) in [6, 6.07) is 3.68. The zero-order valence-electron chi connectivity index (χ0n) is 11.8. The molecule has 0 atom stereocenters. The van der Waals surface area contributed by atoms with Crippen molar-refractivity contribution >= 4 is 11.6 Å². The van der Waals surface area contributed by atoms with Crippen LogP contribution in [0.15, 0.2) is 12.1 Å². The number of methoxy groups -OCH3 is 1. The van der Waals surface area contributed by atoms with E-state index in [1.54, 1.807) is 13.2 Å². The molecular formula is C16H21ClO3. The van der Waals surface area contributed by atoms with Crippen molar-refractivity contribution in [1.82, 2.24) is 0 Å². The molecule has 0 heterocycles. The summed E-state index contributed by atoms with van der Waals surface area (Å²) in [6.07, 6.45) is 7.18. The molecule has 110 valence electrons. The fraction of sp³-hybridized carbons (Fsp3) is 0.625. The van der Waals surface area contributed by atoms with E-state index in [9.17, 15) is 5.11 Å². The van der Waals surface area contributed by atoms with Crippen molar-refractivity contribution in [3.63, 3.8) is 0 Å². The number of benzene rings is 1. The third kappa shape index (κ3) is 3.04. The summed E-state index contributed by atoms with van der Waals surface area (Å²) in [4.78, 5) is 0. The van der Waals surface area contributed by atoms with Crippen LogP contribution >= 0.6 is 11.6 Å². The third-order valence-corrected chi connectivity index (χ3v) is 4.47. The number of rotatable bonds is 5. The highest BCUT2D eigenvalue weighted by Crippen LogP contribution is 2.44. The molecule has 3 nitrogen and oxygen atoms in total. The van der Waals surface area contributed by atoms with E-state index < -0.39 is 5.60 Å². The van der Waals surface area contributed by atoms with Crippen LogP contribution in [0.4, 0.5) is 0 Å². The maximum Gasteiger partial charge on any atom is 0.164 e. The van der Waals surface area contributed by atoms with Crippen molar-refractivity contribution in [3.05, 3.63) is 22.7 Å². The molecule has 0 spiro atoms. The number of ether oxygens (including phenoxy) is 2. The Balaban J connectivity index is 1.89. The molecule has 2 aliphatic carbocycles. The summed E-state index contributed by atoms with van der Waals surface area (Å²) in [5.41, 5.74) is 0.393. The van der Waals surface area contributed by atoms with Crippen LogP contribution in [0.5, 0.6) is 11.5 Å². The fourth-order valence-electron chi connectivity index (χ4n) is 2.89. The van der Waals surface area contributed by atoms with Gasteiger partial charge >= 0.3 is 0 Å². The van der Waals surface area contributed by atoms with Gasteiger partial charge in [0, 0.05) is 23.1 Å². The number of halogens is 1. The molecule has 3 rings (SSSR count). The van der Waals surface area contributed by atoms with Gasteiger partial charge < -0.3 is 14.6 Å². The summed E-state index contributed by atoms with van der Waals surface area (Å²) in [5, 5.41) is 10.8. The lowest BCUT2D eigenvalue weighted by Crippen LogP contribution is -2.16. The molecule has 2 fully saturated rings. The molecule has 0 radical (unpaired) electrons. The van der Waals surface area contributed by atoms with Crippen LogP contribution in [-0.2, 0) is 6.42 Å². The monoisotopic (exact) mass is 296 g/mol. The topological polar surface area (TPSA) is 38.7 Å². The SMILES string of the molecule is COc1cc(Cl)cc(CC2(O)CC2)c1OC1CCCC1. The number of hydrogen-bond donors (Lipinski definition) is 1. The zero-order chi connectivity index (χ0) is 14.2. The standard InChI is InChI=1S/C16H21ClO3/c1-19-14-9-12(17)8-11(10-16(18)6-7-16)15(14)20-13-4-2-3-5-13/h8-9,13,18H,2-7,10H2,1H3. The van der Waals surface area contributed by atoms with E-state index in [0.717, 1.165) is 37.0 Å². The predicted molar refractivity (Wildman–Crippen MR) is 78.8 cm³/mol. The molecule has 0 unspecified atom stereocenters. The van der Waals surface area contributed by atoms with Crippen LogP contribution in [0.3, 0.4) is 0 Å². The van der Waals surface area contributed by atoms with Gasteiger partial charge in [-0.15, -0.1) is 0 Å². The van der Waals surface area contributed by atoms with E-state index in [0.29, 0.717) is 17.2 Å². The second kappa shape index (κ2) is 5.45. The molecule has 20 heavy (non-hydrogen) atoms. The average molecular weight is 297 g/mol. The molecular weight excluding hydrogens is 276 g/mol. The van der Waals surface area contributed by atoms with Crippen LogP contribution in [0.25, 0.3) is 0 Å². The van der Waals surface area contributed by atoms with Crippen LogP contribution in [-0.4, -0.2) is 23.9 Å². The maximum atomic E-state index is 10.2. The van der Waals surface area contributed by atoms with Gasteiger partial charge in [-0.3, -0.25) is 0 Å². The Hall–Kier alpha value is -0.930. The summed E-state index contributed by atoms with van der Waals surface area (Å²) in [7, 11) is 1.63. The van der Waals surface area contributed by atoms with Crippen molar-refractivity contribution in [1.29, 1.82) is 0 Å². The average Bonchev–Trinajstić information content (AvgIpc) is 2.92. The first-order chi connectivity index (χ1) is 9.59. The quantitative estimate of drug-likeness (QED) is 0.899. The summed E-state index contributed by atoms with van der Waals surface area (Å²) in [5.74, 6) is 1.44. The second-order valence-electron chi connectivity index (χ2n) is 6.02. The van der Waals surface area contributed by atoms with Crippen LogP contribution in [0.2, 0.25) is 5.02 Å². The summed E-state index contributed by atoms with van der Waals surface area (Å²) >= 11 is 6.15. The molecule has 1 N–H and O–H groups in total. The molecule has 0 saturated heterocycles. The highest BCUT2D eigenvalue weighted by Gasteiger charge is 2.41. The van der Waals surface area contributed by atoms with E-state index in [1.165, 1.54) is 12.8 Å². The van der Waals surface area contributed by atoms with Gasteiger partial charge in [-0.2, -0.15) is 0 Å². The van der Waals surface area contributed by atoms with Gasteiger partial charge in [0.15, 0.2) is 11.5 Å². The van der Waals surface area contributed by atoms with Gasteiger partial charge in [0.1, 0.15) is 0 Å². The number of aliphatic hydroxyl groups is 1. The van der Waals surface area contributed by atoms with Gasteiger partial charge in [0.2, 0.25) is 0 Å². The minimum atomic E-state index is -0.566. The molecule has 0 bridgehead atoms. The Labute approximate surface area is 124 Å². The first kappa shape index (κ1) is 14.0.